The normalized spacial score (nSPS) is 14.4. The van der Waals surface area contributed by atoms with E-state index in [-0.39, 0.29) is 5.75 Å². The summed E-state index contributed by atoms with van der Waals surface area (Å²) in [4.78, 5) is 2.91. The van der Waals surface area contributed by atoms with E-state index in [0.717, 1.165) is 5.69 Å². The summed E-state index contributed by atoms with van der Waals surface area (Å²) in [7, 11) is 0. The van der Waals surface area contributed by atoms with Gasteiger partial charge in [0.25, 0.3) is 0 Å². The Bertz CT molecular complexity index is 562. The van der Waals surface area contributed by atoms with E-state index in [9.17, 15) is 10.2 Å². The summed E-state index contributed by atoms with van der Waals surface area (Å²) < 4.78 is 2.43. The maximum atomic E-state index is 9.83. The van der Waals surface area contributed by atoms with Crippen molar-refractivity contribution < 1.29 is 10.2 Å². The zero-order valence-electron chi connectivity index (χ0n) is 9.52. The first-order valence-corrected chi connectivity index (χ1v) is 6.51. The van der Waals surface area contributed by atoms with E-state index >= 15 is 0 Å². The largest absolute Gasteiger partial charge is 0.389 e. The van der Waals surface area contributed by atoms with Crippen LogP contribution in [-0.2, 0) is 0 Å². The summed E-state index contributed by atoms with van der Waals surface area (Å²) in [5.41, 5.74) is 1.56. The highest BCUT2D eigenvalue weighted by molar-refractivity contribution is 7.80. The number of aromatic amines is 1. The number of nitrogens with one attached hydrogen (secondary N) is 1. The number of imidazole rings is 1. The van der Waals surface area contributed by atoms with Gasteiger partial charge < -0.3 is 15.2 Å². The average molecular weight is 282 g/mol. The van der Waals surface area contributed by atoms with Gasteiger partial charge >= 0.3 is 0 Å². The van der Waals surface area contributed by atoms with Crippen molar-refractivity contribution in [2.45, 2.75) is 12.2 Å². The molecule has 2 aromatic rings. The topological polar surface area (TPSA) is 61.2 Å². The van der Waals surface area contributed by atoms with Gasteiger partial charge in [0.15, 0.2) is 4.77 Å². The number of hydrogen-bond acceptors (Lipinski definition) is 4. The predicted molar refractivity (Wildman–Crippen MR) is 75.8 cm³/mol. The Kier molecular flexibility index (Phi) is 4.23. The van der Waals surface area contributed by atoms with Crippen molar-refractivity contribution in [3.63, 3.8) is 0 Å². The molecule has 1 aromatic heterocycles. The van der Waals surface area contributed by atoms with Crippen LogP contribution in [0.5, 0.6) is 0 Å². The van der Waals surface area contributed by atoms with Crippen LogP contribution in [0.1, 0.15) is 11.7 Å². The average Bonchev–Trinajstić information content (AvgIpc) is 2.83. The molecule has 4 nitrogen and oxygen atoms in total. The van der Waals surface area contributed by atoms with E-state index in [1.165, 1.54) is 0 Å². The van der Waals surface area contributed by atoms with Crippen LogP contribution in [0.3, 0.4) is 0 Å². The Balaban J connectivity index is 2.26. The molecule has 2 rings (SSSR count). The third-order valence-corrected chi connectivity index (χ3v) is 3.40. The molecule has 1 heterocycles. The van der Waals surface area contributed by atoms with E-state index in [4.69, 9.17) is 12.2 Å². The van der Waals surface area contributed by atoms with E-state index in [1.54, 1.807) is 18.3 Å². The van der Waals surface area contributed by atoms with Gasteiger partial charge in [0.2, 0.25) is 0 Å². The minimum atomic E-state index is -0.921. The number of aliphatic hydroxyl groups is 2. The molecular weight excluding hydrogens is 268 g/mol. The first-order chi connectivity index (χ1) is 8.63. The zero-order chi connectivity index (χ0) is 13.1. The van der Waals surface area contributed by atoms with Crippen molar-refractivity contribution in [3.05, 3.63) is 47.0 Å². The summed E-state index contributed by atoms with van der Waals surface area (Å²) in [6.07, 6.45) is 1.80. The summed E-state index contributed by atoms with van der Waals surface area (Å²) in [6, 6.07) is 7.21. The molecule has 96 valence electrons. The van der Waals surface area contributed by atoms with Gasteiger partial charge in [-0.05, 0) is 29.9 Å². The highest BCUT2D eigenvalue weighted by atomic mass is 32.1. The van der Waals surface area contributed by atoms with Gasteiger partial charge in [-0.1, -0.05) is 12.1 Å². The van der Waals surface area contributed by atoms with Crippen LogP contribution < -0.4 is 0 Å². The highest BCUT2D eigenvalue weighted by Gasteiger charge is 2.16. The van der Waals surface area contributed by atoms with E-state index in [0.29, 0.717) is 10.3 Å². The molecule has 0 saturated heterocycles. The molecular formula is C12H14N2O2S2. The number of thiol groups is 1. The van der Waals surface area contributed by atoms with E-state index in [1.807, 2.05) is 22.9 Å². The second-order valence-electron chi connectivity index (χ2n) is 3.92. The van der Waals surface area contributed by atoms with Gasteiger partial charge in [-0.15, -0.1) is 0 Å². The fraction of sp³-hybridized carbons (Fsp3) is 0.250. The van der Waals surface area contributed by atoms with Crippen LogP contribution >= 0.6 is 24.8 Å². The number of benzene rings is 1. The summed E-state index contributed by atoms with van der Waals surface area (Å²) in [5, 5.41) is 19.4. The Labute approximate surface area is 115 Å². The number of aromatic nitrogens is 2. The molecule has 0 aliphatic rings. The Hall–Kier alpha value is -1.08. The molecule has 0 bridgehead atoms. The summed E-state index contributed by atoms with van der Waals surface area (Å²) in [6.45, 7) is 0. The highest BCUT2D eigenvalue weighted by Crippen LogP contribution is 2.19. The summed E-state index contributed by atoms with van der Waals surface area (Å²) in [5.74, 6) is 0.214. The van der Waals surface area contributed by atoms with Crippen LogP contribution in [-0.4, -0.2) is 31.6 Å². The van der Waals surface area contributed by atoms with Crippen LogP contribution in [0.15, 0.2) is 36.7 Å². The second-order valence-corrected chi connectivity index (χ2v) is 4.67. The Morgan fingerprint density at radius 1 is 1.28 bits per heavy atom. The van der Waals surface area contributed by atoms with Gasteiger partial charge in [-0.3, -0.25) is 4.57 Å². The van der Waals surface area contributed by atoms with Crippen molar-refractivity contribution in [2.75, 3.05) is 5.75 Å². The SMILES string of the molecule is OC(CS)C(O)c1ccc(-n2cc[nH]c2=S)cc1. The first kappa shape index (κ1) is 13.4. The molecule has 0 saturated carbocycles. The van der Waals surface area contributed by atoms with E-state index in [2.05, 4.69) is 17.6 Å². The van der Waals surface area contributed by atoms with Crippen LogP contribution in [0.4, 0.5) is 0 Å². The van der Waals surface area contributed by atoms with Gasteiger partial charge in [0.05, 0.1) is 6.10 Å². The van der Waals surface area contributed by atoms with Gasteiger partial charge in [-0.2, -0.15) is 12.6 Å². The van der Waals surface area contributed by atoms with Crippen LogP contribution in [0.2, 0.25) is 0 Å². The zero-order valence-corrected chi connectivity index (χ0v) is 11.2. The predicted octanol–water partition coefficient (Wildman–Crippen LogP) is 1.86. The Morgan fingerprint density at radius 2 is 1.94 bits per heavy atom. The molecule has 0 aliphatic carbocycles. The molecule has 0 amide bonds. The molecule has 18 heavy (non-hydrogen) atoms. The van der Waals surface area contributed by atoms with Crippen molar-refractivity contribution in [3.8, 4) is 5.69 Å². The van der Waals surface area contributed by atoms with Gasteiger partial charge in [0, 0.05) is 23.8 Å². The van der Waals surface area contributed by atoms with Crippen molar-refractivity contribution in [1.29, 1.82) is 0 Å². The van der Waals surface area contributed by atoms with Crippen LogP contribution in [0.25, 0.3) is 5.69 Å². The molecule has 2 unspecified atom stereocenters. The number of nitrogens with zero attached hydrogens (tertiary/aromatic N) is 1. The third kappa shape index (κ3) is 2.67. The van der Waals surface area contributed by atoms with Gasteiger partial charge in [0.1, 0.15) is 6.10 Å². The molecule has 0 aliphatic heterocycles. The maximum absolute atomic E-state index is 9.83. The fourth-order valence-electron chi connectivity index (χ4n) is 1.68. The van der Waals surface area contributed by atoms with Gasteiger partial charge in [-0.25, -0.2) is 0 Å². The molecule has 3 N–H and O–H groups in total. The molecule has 2 atom stereocenters. The minimum absolute atomic E-state index is 0.214. The van der Waals surface area contributed by atoms with Crippen molar-refractivity contribution in [1.82, 2.24) is 9.55 Å². The first-order valence-electron chi connectivity index (χ1n) is 5.47. The van der Waals surface area contributed by atoms with Crippen molar-refractivity contribution >= 4 is 24.8 Å². The smallest absolute Gasteiger partial charge is 0.181 e. The molecule has 6 heteroatoms. The minimum Gasteiger partial charge on any atom is -0.389 e. The lowest BCUT2D eigenvalue weighted by Gasteiger charge is -2.16. The Morgan fingerprint density at radius 3 is 2.44 bits per heavy atom. The lowest BCUT2D eigenvalue weighted by atomic mass is 10.1. The van der Waals surface area contributed by atoms with Crippen LogP contribution in [0, 0.1) is 4.77 Å². The second kappa shape index (κ2) is 5.71. The lowest BCUT2D eigenvalue weighted by molar-refractivity contribution is 0.0337. The number of rotatable bonds is 4. The molecule has 1 aromatic carbocycles. The monoisotopic (exact) mass is 282 g/mol. The quantitative estimate of drug-likeness (QED) is 0.511. The van der Waals surface area contributed by atoms with Crippen molar-refractivity contribution in [2.24, 2.45) is 0 Å². The number of hydrogen-bond donors (Lipinski definition) is 4. The fourth-order valence-corrected chi connectivity index (χ4v) is 2.11. The number of H-pyrrole nitrogens is 1. The number of aliphatic hydroxyl groups excluding tert-OH is 2. The standard InChI is InChI=1S/C12H14N2O2S2/c15-10(7-17)11(16)8-1-3-9(4-2-8)14-6-5-13-12(14)18/h1-6,10-11,15-17H,7H2,(H,13,18). The molecule has 0 spiro atoms. The molecule has 0 fully saturated rings. The third-order valence-electron chi connectivity index (χ3n) is 2.71. The summed E-state index contributed by atoms with van der Waals surface area (Å²) >= 11 is 9.08. The maximum Gasteiger partial charge on any atom is 0.181 e. The van der Waals surface area contributed by atoms with E-state index < -0.39 is 12.2 Å². The molecule has 0 radical (unpaired) electrons. The lowest BCUT2D eigenvalue weighted by Crippen LogP contribution is -2.19.